The van der Waals surface area contributed by atoms with Gasteiger partial charge in [0, 0.05) is 19.0 Å². The fourth-order valence-electron chi connectivity index (χ4n) is 2.13. The van der Waals surface area contributed by atoms with Crippen LogP contribution >= 0.6 is 0 Å². The van der Waals surface area contributed by atoms with E-state index < -0.39 is 6.10 Å². The molecule has 4 heteroatoms. The van der Waals surface area contributed by atoms with E-state index in [1.165, 1.54) is 18.2 Å². The van der Waals surface area contributed by atoms with Crippen LogP contribution in [0.25, 0.3) is 0 Å². The lowest BCUT2D eigenvalue weighted by Crippen LogP contribution is -2.30. The SMILES string of the molecule is COC(=O)[C@H]1C[C@@H](NCc2ccccc2C)CO1. The summed E-state index contributed by atoms with van der Waals surface area (Å²) in [7, 11) is 1.39. The van der Waals surface area contributed by atoms with Gasteiger partial charge in [-0.1, -0.05) is 24.3 Å². The fourth-order valence-corrected chi connectivity index (χ4v) is 2.13. The zero-order valence-electron chi connectivity index (χ0n) is 10.8. The molecule has 98 valence electrons. The molecule has 0 saturated carbocycles. The van der Waals surface area contributed by atoms with Crippen molar-refractivity contribution < 1.29 is 14.3 Å². The summed E-state index contributed by atoms with van der Waals surface area (Å²) in [5.74, 6) is -0.282. The number of benzene rings is 1. The van der Waals surface area contributed by atoms with Gasteiger partial charge in [0.15, 0.2) is 6.10 Å². The molecule has 0 aromatic heterocycles. The summed E-state index contributed by atoms with van der Waals surface area (Å²) >= 11 is 0. The van der Waals surface area contributed by atoms with Gasteiger partial charge in [-0.15, -0.1) is 0 Å². The summed E-state index contributed by atoms with van der Waals surface area (Å²) in [4.78, 5) is 11.3. The second kappa shape index (κ2) is 5.98. The maximum absolute atomic E-state index is 11.3. The molecule has 1 saturated heterocycles. The minimum Gasteiger partial charge on any atom is -0.467 e. The predicted molar refractivity (Wildman–Crippen MR) is 68.2 cm³/mol. The highest BCUT2D eigenvalue weighted by molar-refractivity contribution is 5.74. The molecule has 2 atom stereocenters. The molecule has 0 unspecified atom stereocenters. The van der Waals surface area contributed by atoms with Crippen LogP contribution in [0.4, 0.5) is 0 Å². The molecule has 2 rings (SSSR count). The van der Waals surface area contributed by atoms with Gasteiger partial charge in [-0.2, -0.15) is 0 Å². The summed E-state index contributed by atoms with van der Waals surface area (Å²) in [6.07, 6.45) is 0.267. The number of carbonyl (C=O) groups is 1. The monoisotopic (exact) mass is 249 g/mol. The number of methoxy groups -OCH3 is 1. The van der Waals surface area contributed by atoms with Crippen LogP contribution in [0.2, 0.25) is 0 Å². The summed E-state index contributed by atoms with van der Waals surface area (Å²) in [5, 5.41) is 3.41. The Balaban J connectivity index is 1.82. The van der Waals surface area contributed by atoms with Crippen LogP contribution in [0.15, 0.2) is 24.3 Å². The highest BCUT2D eigenvalue weighted by Crippen LogP contribution is 2.15. The topological polar surface area (TPSA) is 47.6 Å². The van der Waals surface area contributed by atoms with Gasteiger partial charge in [0.25, 0.3) is 0 Å². The van der Waals surface area contributed by atoms with Crippen LogP contribution < -0.4 is 5.32 Å². The second-order valence-electron chi connectivity index (χ2n) is 4.59. The third-order valence-corrected chi connectivity index (χ3v) is 3.30. The van der Waals surface area contributed by atoms with Crippen LogP contribution in [0, 0.1) is 6.92 Å². The van der Waals surface area contributed by atoms with Gasteiger partial charge in [-0.25, -0.2) is 4.79 Å². The number of hydrogen-bond acceptors (Lipinski definition) is 4. The number of hydrogen-bond donors (Lipinski definition) is 1. The van der Waals surface area contributed by atoms with Crippen LogP contribution in [0.3, 0.4) is 0 Å². The number of esters is 1. The van der Waals surface area contributed by atoms with Crippen LogP contribution in [-0.2, 0) is 20.8 Å². The average Bonchev–Trinajstić information content (AvgIpc) is 2.86. The number of ether oxygens (including phenoxy) is 2. The lowest BCUT2D eigenvalue weighted by molar-refractivity contribution is -0.151. The van der Waals surface area contributed by atoms with Crippen molar-refractivity contribution in [1.29, 1.82) is 0 Å². The molecule has 0 amide bonds. The quantitative estimate of drug-likeness (QED) is 0.820. The van der Waals surface area contributed by atoms with E-state index in [0.29, 0.717) is 13.0 Å². The molecule has 4 nitrogen and oxygen atoms in total. The lowest BCUT2D eigenvalue weighted by atomic mass is 10.1. The smallest absolute Gasteiger partial charge is 0.335 e. The summed E-state index contributed by atoms with van der Waals surface area (Å²) in [5.41, 5.74) is 2.55. The maximum Gasteiger partial charge on any atom is 0.335 e. The van der Waals surface area contributed by atoms with Crippen molar-refractivity contribution in [1.82, 2.24) is 5.32 Å². The first-order valence-electron chi connectivity index (χ1n) is 6.18. The molecular formula is C14H19NO3. The molecule has 1 aromatic carbocycles. The van der Waals surface area contributed by atoms with E-state index in [1.54, 1.807) is 0 Å². The molecule has 1 aliphatic heterocycles. The van der Waals surface area contributed by atoms with E-state index in [2.05, 4.69) is 29.1 Å². The van der Waals surface area contributed by atoms with Crippen molar-refractivity contribution >= 4 is 5.97 Å². The van der Waals surface area contributed by atoms with Gasteiger partial charge in [-0.3, -0.25) is 0 Å². The molecule has 0 spiro atoms. The number of rotatable bonds is 4. The van der Waals surface area contributed by atoms with Crippen molar-refractivity contribution in [3.63, 3.8) is 0 Å². The summed E-state index contributed by atoms with van der Waals surface area (Å²) in [6.45, 7) is 3.46. The summed E-state index contributed by atoms with van der Waals surface area (Å²) < 4.78 is 10.1. The van der Waals surface area contributed by atoms with E-state index >= 15 is 0 Å². The van der Waals surface area contributed by atoms with Crippen molar-refractivity contribution in [2.45, 2.75) is 32.0 Å². The second-order valence-corrected chi connectivity index (χ2v) is 4.59. The number of carbonyl (C=O) groups excluding carboxylic acids is 1. The minimum absolute atomic E-state index is 0.216. The Morgan fingerprint density at radius 1 is 1.50 bits per heavy atom. The zero-order valence-corrected chi connectivity index (χ0v) is 10.8. The fraction of sp³-hybridized carbons (Fsp3) is 0.500. The first-order chi connectivity index (χ1) is 8.70. The van der Waals surface area contributed by atoms with E-state index in [0.717, 1.165) is 6.54 Å². The van der Waals surface area contributed by atoms with Crippen LogP contribution in [0.1, 0.15) is 17.5 Å². The first-order valence-corrected chi connectivity index (χ1v) is 6.18. The van der Waals surface area contributed by atoms with Gasteiger partial charge < -0.3 is 14.8 Å². The average molecular weight is 249 g/mol. The number of aryl methyl sites for hydroxylation is 1. The first kappa shape index (κ1) is 13.1. The Kier molecular flexibility index (Phi) is 4.33. The Morgan fingerprint density at radius 2 is 2.28 bits per heavy atom. The van der Waals surface area contributed by atoms with Crippen molar-refractivity contribution in [3.05, 3.63) is 35.4 Å². The molecule has 1 aromatic rings. The van der Waals surface area contributed by atoms with Gasteiger partial charge in [0.1, 0.15) is 0 Å². The Morgan fingerprint density at radius 3 is 3.00 bits per heavy atom. The molecule has 1 aliphatic rings. The highest BCUT2D eigenvalue weighted by Gasteiger charge is 2.31. The third kappa shape index (κ3) is 3.09. The molecular weight excluding hydrogens is 230 g/mol. The molecule has 1 heterocycles. The lowest BCUT2D eigenvalue weighted by Gasteiger charge is -2.12. The zero-order chi connectivity index (χ0) is 13.0. The molecule has 0 bridgehead atoms. The van der Waals surface area contributed by atoms with Gasteiger partial charge in [0.2, 0.25) is 0 Å². The van der Waals surface area contributed by atoms with Gasteiger partial charge in [0.05, 0.1) is 13.7 Å². The highest BCUT2D eigenvalue weighted by atomic mass is 16.6. The van der Waals surface area contributed by atoms with Crippen LogP contribution in [0.5, 0.6) is 0 Å². The number of nitrogens with one attached hydrogen (secondary N) is 1. The van der Waals surface area contributed by atoms with Gasteiger partial charge in [-0.05, 0) is 18.1 Å². The minimum atomic E-state index is -0.413. The third-order valence-electron chi connectivity index (χ3n) is 3.30. The Bertz CT molecular complexity index is 419. The largest absolute Gasteiger partial charge is 0.467 e. The van der Waals surface area contributed by atoms with E-state index in [1.807, 2.05) is 12.1 Å². The Hall–Kier alpha value is -1.39. The van der Waals surface area contributed by atoms with Crippen molar-refractivity contribution in [2.24, 2.45) is 0 Å². The van der Waals surface area contributed by atoms with Crippen molar-refractivity contribution in [2.75, 3.05) is 13.7 Å². The van der Waals surface area contributed by atoms with E-state index in [-0.39, 0.29) is 12.0 Å². The molecule has 1 fully saturated rings. The van der Waals surface area contributed by atoms with E-state index in [9.17, 15) is 4.79 Å². The predicted octanol–water partition coefficient (Wildman–Crippen LogP) is 1.42. The molecule has 18 heavy (non-hydrogen) atoms. The molecule has 0 radical (unpaired) electrons. The maximum atomic E-state index is 11.3. The van der Waals surface area contributed by atoms with Gasteiger partial charge >= 0.3 is 5.97 Å². The normalized spacial score (nSPS) is 23.0. The standard InChI is InChI=1S/C14H19NO3/c1-10-5-3-4-6-11(10)8-15-12-7-13(18-9-12)14(16)17-2/h3-6,12-13,15H,7-9H2,1-2H3/t12-,13-/m1/s1. The van der Waals surface area contributed by atoms with Crippen LogP contribution in [-0.4, -0.2) is 31.8 Å². The molecule has 0 aliphatic carbocycles. The van der Waals surface area contributed by atoms with E-state index in [4.69, 9.17) is 4.74 Å². The Labute approximate surface area is 107 Å². The summed E-state index contributed by atoms with van der Waals surface area (Å²) in [6, 6.07) is 8.49. The molecule has 1 N–H and O–H groups in total. The van der Waals surface area contributed by atoms with Crippen molar-refractivity contribution in [3.8, 4) is 0 Å².